The Hall–Kier alpha value is -7.08. The quantitative estimate of drug-likeness (QED) is 0.168. The number of halogens is 1. The molecule has 4 nitrogen and oxygen atoms in total. The largest absolute Gasteiger partial charge is 0.309 e. The second-order valence-electron chi connectivity index (χ2n) is 14.4. The van der Waals surface area contributed by atoms with Gasteiger partial charge in [0.15, 0.2) is 0 Å². The number of benzene rings is 7. The number of pyridine rings is 2. The van der Waals surface area contributed by atoms with E-state index in [-0.39, 0.29) is 0 Å². The molecule has 11 rings (SSSR count). The van der Waals surface area contributed by atoms with E-state index in [0.717, 1.165) is 60.6 Å². The SMILES string of the molecule is Brc1cc(-c2ccc(-c3ccc4c(c3)c3ccccc3n4-c3ccccc3)nc2)cc(-c2ccc(-c3ccc4c(c3)c3ccccc3n4-c3ccccc3)cn2)c1. The number of para-hydroxylation sites is 4. The number of fused-ring (bicyclic) bond motifs is 6. The lowest BCUT2D eigenvalue weighted by atomic mass is 10.0. The fraction of sp³-hybridized carbons (Fsp3) is 0. The molecular formula is C52H33BrN4. The first kappa shape index (κ1) is 33.3. The van der Waals surface area contributed by atoms with Crippen LogP contribution >= 0.6 is 15.9 Å². The monoisotopic (exact) mass is 792 g/mol. The average Bonchev–Trinajstić information content (AvgIpc) is 3.79. The summed E-state index contributed by atoms with van der Waals surface area (Å²) in [7, 11) is 0. The fourth-order valence-corrected chi connectivity index (χ4v) is 8.86. The molecule has 0 unspecified atom stereocenters. The molecule has 0 fully saturated rings. The molecule has 0 amide bonds. The highest BCUT2D eigenvalue weighted by molar-refractivity contribution is 9.10. The first-order valence-electron chi connectivity index (χ1n) is 19.1. The maximum Gasteiger partial charge on any atom is 0.0703 e. The Labute approximate surface area is 338 Å². The fourth-order valence-electron chi connectivity index (χ4n) is 8.37. The van der Waals surface area contributed by atoms with Gasteiger partial charge in [-0.2, -0.15) is 0 Å². The Balaban J connectivity index is 0.894. The van der Waals surface area contributed by atoms with Crippen molar-refractivity contribution in [2.24, 2.45) is 0 Å². The molecule has 0 atom stereocenters. The summed E-state index contributed by atoms with van der Waals surface area (Å²) in [5.74, 6) is 0. The van der Waals surface area contributed by atoms with Gasteiger partial charge in [-0.3, -0.25) is 9.97 Å². The topological polar surface area (TPSA) is 35.6 Å². The molecule has 0 aliphatic rings. The van der Waals surface area contributed by atoms with Gasteiger partial charge in [-0.1, -0.05) is 113 Å². The highest BCUT2D eigenvalue weighted by atomic mass is 79.9. The normalized spacial score (nSPS) is 11.6. The van der Waals surface area contributed by atoms with Crippen molar-refractivity contribution in [1.29, 1.82) is 0 Å². The summed E-state index contributed by atoms with van der Waals surface area (Å²) in [5.41, 5.74) is 15.4. The zero-order chi connectivity index (χ0) is 37.9. The van der Waals surface area contributed by atoms with Crippen molar-refractivity contribution in [3.8, 4) is 56.1 Å². The van der Waals surface area contributed by atoms with Crippen molar-refractivity contribution in [2.75, 3.05) is 0 Å². The number of hydrogen-bond acceptors (Lipinski definition) is 2. The van der Waals surface area contributed by atoms with E-state index in [0.29, 0.717) is 0 Å². The van der Waals surface area contributed by atoms with Crippen molar-refractivity contribution in [2.45, 2.75) is 0 Å². The lowest BCUT2D eigenvalue weighted by Gasteiger charge is -2.10. The Morgan fingerprint density at radius 1 is 0.316 bits per heavy atom. The highest BCUT2D eigenvalue weighted by Gasteiger charge is 2.16. The first-order chi connectivity index (χ1) is 28.2. The Bertz CT molecular complexity index is 3050. The lowest BCUT2D eigenvalue weighted by molar-refractivity contribution is 1.18. The minimum absolute atomic E-state index is 0.913. The van der Waals surface area contributed by atoms with Crippen LogP contribution in [0.25, 0.3) is 99.8 Å². The van der Waals surface area contributed by atoms with Crippen molar-refractivity contribution in [1.82, 2.24) is 19.1 Å². The number of hydrogen-bond donors (Lipinski definition) is 0. The molecule has 0 spiro atoms. The molecule has 0 aliphatic heterocycles. The molecule has 0 saturated carbocycles. The summed E-state index contributed by atoms with van der Waals surface area (Å²) in [6.45, 7) is 0. The second kappa shape index (κ2) is 13.6. The van der Waals surface area contributed by atoms with Gasteiger partial charge >= 0.3 is 0 Å². The summed E-state index contributed by atoms with van der Waals surface area (Å²) in [4.78, 5) is 9.95. The van der Waals surface area contributed by atoms with Gasteiger partial charge in [0.2, 0.25) is 0 Å². The maximum absolute atomic E-state index is 4.97. The van der Waals surface area contributed by atoms with E-state index in [1.807, 2.05) is 12.4 Å². The van der Waals surface area contributed by atoms with Gasteiger partial charge < -0.3 is 9.13 Å². The molecule has 5 heteroatoms. The van der Waals surface area contributed by atoms with Crippen molar-refractivity contribution >= 4 is 59.5 Å². The van der Waals surface area contributed by atoms with E-state index < -0.39 is 0 Å². The van der Waals surface area contributed by atoms with E-state index in [4.69, 9.17) is 9.97 Å². The standard InChI is InChI=1S/C52H33BrN4/c53-40-28-38(37-20-23-47(54-33-37)35-22-26-52-46(31-35)44-16-8-10-18-50(44)57(52)42-13-5-2-6-14-42)27-39(29-40)48-24-19-36(32-55-48)34-21-25-51-45(30-34)43-15-7-9-17-49(43)56(51)41-11-3-1-4-12-41/h1-33H. The van der Waals surface area contributed by atoms with Crippen LogP contribution in [0.3, 0.4) is 0 Å². The van der Waals surface area contributed by atoms with Crippen LogP contribution in [0, 0.1) is 0 Å². The minimum atomic E-state index is 0.913. The molecule has 4 aromatic heterocycles. The van der Waals surface area contributed by atoms with E-state index in [2.05, 4.69) is 213 Å². The van der Waals surface area contributed by atoms with Gasteiger partial charge in [0.1, 0.15) is 0 Å². The molecular weight excluding hydrogens is 761 g/mol. The van der Waals surface area contributed by atoms with E-state index >= 15 is 0 Å². The van der Waals surface area contributed by atoms with Gasteiger partial charge in [-0.25, -0.2) is 0 Å². The zero-order valence-corrected chi connectivity index (χ0v) is 32.3. The van der Waals surface area contributed by atoms with E-state index in [1.165, 1.54) is 43.6 Å². The van der Waals surface area contributed by atoms with Gasteiger partial charge in [0.05, 0.1) is 33.5 Å². The third-order valence-corrected chi connectivity index (χ3v) is 11.5. The van der Waals surface area contributed by atoms with Crippen LogP contribution in [0.1, 0.15) is 0 Å². The molecule has 268 valence electrons. The van der Waals surface area contributed by atoms with Gasteiger partial charge in [-0.05, 0) is 102 Å². The molecule has 0 bridgehead atoms. The molecule has 0 saturated heterocycles. The van der Waals surface area contributed by atoms with Crippen molar-refractivity contribution < 1.29 is 0 Å². The summed E-state index contributed by atoms with van der Waals surface area (Å²) < 4.78 is 5.67. The third-order valence-electron chi connectivity index (χ3n) is 11.1. The summed E-state index contributed by atoms with van der Waals surface area (Å²) in [6, 6.07) is 66.8. The average molecular weight is 794 g/mol. The lowest BCUT2D eigenvalue weighted by Crippen LogP contribution is -1.93. The van der Waals surface area contributed by atoms with Crippen LogP contribution in [0.15, 0.2) is 205 Å². The summed E-state index contributed by atoms with van der Waals surface area (Å²) >= 11 is 3.78. The van der Waals surface area contributed by atoms with Crippen LogP contribution in [0.4, 0.5) is 0 Å². The summed E-state index contributed by atoms with van der Waals surface area (Å²) in [6.07, 6.45) is 3.96. The molecule has 4 heterocycles. The van der Waals surface area contributed by atoms with Crippen LogP contribution in [-0.2, 0) is 0 Å². The number of aromatic nitrogens is 4. The molecule has 0 N–H and O–H groups in total. The second-order valence-corrected chi connectivity index (χ2v) is 15.3. The third kappa shape index (κ3) is 5.74. The molecule has 0 aliphatic carbocycles. The first-order valence-corrected chi connectivity index (χ1v) is 19.9. The number of rotatable bonds is 6. The van der Waals surface area contributed by atoms with Crippen LogP contribution in [-0.4, -0.2) is 19.1 Å². The van der Waals surface area contributed by atoms with E-state index in [1.54, 1.807) is 0 Å². The van der Waals surface area contributed by atoms with Crippen LogP contribution in [0.5, 0.6) is 0 Å². The Morgan fingerprint density at radius 2 is 0.754 bits per heavy atom. The Kier molecular flexibility index (Phi) is 7.93. The van der Waals surface area contributed by atoms with Crippen LogP contribution in [0.2, 0.25) is 0 Å². The number of nitrogens with zero attached hydrogens (tertiary/aromatic N) is 4. The predicted molar refractivity (Wildman–Crippen MR) is 240 cm³/mol. The van der Waals surface area contributed by atoms with Crippen molar-refractivity contribution in [3.05, 3.63) is 205 Å². The molecule has 7 aromatic carbocycles. The van der Waals surface area contributed by atoms with Gasteiger partial charge in [0, 0.05) is 72.0 Å². The van der Waals surface area contributed by atoms with Gasteiger partial charge in [0.25, 0.3) is 0 Å². The van der Waals surface area contributed by atoms with Crippen molar-refractivity contribution in [3.63, 3.8) is 0 Å². The maximum atomic E-state index is 4.97. The minimum Gasteiger partial charge on any atom is -0.309 e. The Morgan fingerprint density at radius 3 is 1.32 bits per heavy atom. The highest BCUT2D eigenvalue weighted by Crippen LogP contribution is 2.37. The smallest absolute Gasteiger partial charge is 0.0703 e. The van der Waals surface area contributed by atoms with Crippen LogP contribution < -0.4 is 0 Å². The molecule has 57 heavy (non-hydrogen) atoms. The predicted octanol–water partition coefficient (Wildman–Crippen LogP) is 14.1. The zero-order valence-electron chi connectivity index (χ0n) is 30.7. The summed E-state index contributed by atoms with van der Waals surface area (Å²) in [5, 5.41) is 4.90. The van der Waals surface area contributed by atoms with Gasteiger partial charge in [-0.15, -0.1) is 0 Å². The molecule has 0 radical (unpaired) electrons. The molecule has 11 aromatic rings. The van der Waals surface area contributed by atoms with E-state index in [9.17, 15) is 0 Å².